The molecule has 0 amide bonds. The fraction of sp³-hybridized carbons (Fsp3) is 0. The zero-order valence-electron chi connectivity index (χ0n) is 36.6. The van der Waals surface area contributed by atoms with Crippen LogP contribution in [0.2, 0.25) is 0 Å². The van der Waals surface area contributed by atoms with Crippen LogP contribution >= 0.6 is 0 Å². The lowest BCUT2D eigenvalue weighted by Crippen LogP contribution is -2.01. The Morgan fingerprint density at radius 1 is 0.269 bits per heavy atom. The van der Waals surface area contributed by atoms with E-state index >= 15 is 0 Å². The Morgan fingerprint density at radius 3 is 1.22 bits per heavy atom. The van der Waals surface area contributed by atoms with E-state index in [1.165, 1.54) is 54.7 Å². The molecule has 13 rings (SSSR count). The average Bonchev–Trinajstić information content (AvgIpc) is 3.79. The summed E-state index contributed by atoms with van der Waals surface area (Å²) in [6, 6.07) is 92.6. The van der Waals surface area contributed by atoms with Gasteiger partial charge >= 0.3 is 0 Å². The van der Waals surface area contributed by atoms with Gasteiger partial charge in [0, 0.05) is 22.4 Å². The smallest absolute Gasteiger partial charge is 0.147 e. The van der Waals surface area contributed by atoms with E-state index in [1.54, 1.807) is 0 Å². The van der Waals surface area contributed by atoms with Crippen LogP contribution in [0.3, 0.4) is 0 Å². The molecule has 0 aliphatic carbocycles. The lowest BCUT2D eigenvalue weighted by atomic mass is 9.85. The fourth-order valence-corrected chi connectivity index (χ4v) is 10.7. The van der Waals surface area contributed by atoms with Gasteiger partial charge in [0.05, 0.1) is 11.0 Å². The summed E-state index contributed by atoms with van der Waals surface area (Å²) in [5.74, 6) is 0.894. The molecule has 0 fully saturated rings. The topological polar surface area (TPSA) is 17.8 Å². The maximum Gasteiger partial charge on any atom is 0.147 e. The molecule has 0 N–H and O–H groups in total. The summed E-state index contributed by atoms with van der Waals surface area (Å²) in [6.45, 7) is 0. The largest absolute Gasteiger partial charge is 0.292 e. The Hall–Kier alpha value is -8.85. The molecule has 0 saturated heterocycles. The Bertz CT molecular complexity index is 3960. The Labute approximate surface area is 389 Å². The molecule has 13 aromatic rings. The molecule has 1 aromatic heterocycles. The molecule has 0 spiro atoms. The third-order valence-corrected chi connectivity index (χ3v) is 13.6. The van der Waals surface area contributed by atoms with Crippen LogP contribution in [0.1, 0.15) is 0 Å². The van der Waals surface area contributed by atoms with Crippen molar-refractivity contribution < 1.29 is 0 Å². The monoisotopic (exact) mass is 850 g/mol. The zero-order chi connectivity index (χ0) is 44.3. The number of imidazole rings is 1. The summed E-state index contributed by atoms with van der Waals surface area (Å²) in [7, 11) is 0. The highest BCUT2D eigenvalue weighted by molar-refractivity contribution is 6.25. The van der Waals surface area contributed by atoms with Crippen molar-refractivity contribution in [3.63, 3.8) is 0 Å². The molecule has 0 aliphatic rings. The fourth-order valence-electron chi connectivity index (χ4n) is 10.7. The molecule has 2 heteroatoms. The van der Waals surface area contributed by atoms with Crippen molar-refractivity contribution in [1.29, 1.82) is 0 Å². The number of hydrogen-bond acceptors (Lipinski definition) is 1. The van der Waals surface area contributed by atoms with Crippen LogP contribution < -0.4 is 0 Å². The van der Waals surface area contributed by atoms with E-state index in [4.69, 9.17) is 4.98 Å². The van der Waals surface area contributed by atoms with Crippen molar-refractivity contribution in [2.24, 2.45) is 0 Å². The molecule has 0 radical (unpaired) electrons. The van der Waals surface area contributed by atoms with Gasteiger partial charge in [-0.1, -0.05) is 237 Å². The summed E-state index contributed by atoms with van der Waals surface area (Å²) < 4.78 is 2.47. The van der Waals surface area contributed by atoms with E-state index in [2.05, 4.69) is 259 Å². The van der Waals surface area contributed by atoms with E-state index < -0.39 is 0 Å². The molecular formula is C65H42N2. The van der Waals surface area contributed by atoms with E-state index in [0.717, 1.165) is 72.1 Å². The maximum atomic E-state index is 6.12. The minimum absolute atomic E-state index is 0.894. The van der Waals surface area contributed by atoms with E-state index in [0.29, 0.717) is 0 Å². The SMILES string of the molecule is c1ccc(-c2ccccc2-c2c3ccccc3c(-c3ccccc3-c3ccccc3)c3c2nc(-c2c4ccccc4c(-c4ccc5ccccc5c4)c4ccccc24)n3-c2ccccc2)cc1. The molecule has 0 unspecified atom stereocenters. The van der Waals surface area contributed by atoms with Gasteiger partial charge in [-0.2, -0.15) is 0 Å². The van der Waals surface area contributed by atoms with Gasteiger partial charge in [0.2, 0.25) is 0 Å². The number of aromatic nitrogens is 2. The quantitative estimate of drug-likeness (QED) is 0.146. The highest BCUT2D eigenvalue weighted by Gasteiger charge is 2.29. The number of rotatable bonds is 7. The van der Waals surface area contributed by atoms with Crippen molar-refractivity contribution in [2.75, 3.05) is 0 Å². The van der Waals surface area contributed by atoms with Gasteiger partial charge in [-0.15, -0.1) is 0 Å². The van der Waals surface area contributed by atoms with Crippen LogP contribution in [0.4, 0.5) is 0 Å². The highest BCUT2D eigenvalue weighted by atomic mass is 15.1. The van der Waals surface area contributed by atoms with Crippen molar-refractivity contribution in [3.8, 4) is 72.7 Å². The average molecular weight is 851 g/mol. The summed E-state index contributed by atoms with van der Waals surface area (Å²) in [5.41, 5.74) is 15.8. The van der Waals surface area contributed by atoms with Crippen molar-refractivity contribution >= 4 is 54.1 Å². The molecule has 12 aromatic carbocycles. The predicted molar refractivity (Wildman–Crippen MR) is 284 cm³/mol. The Balaban J connectivity index is 1.25. The number of hydrogen-bond donors (Lipinski definition) is 0. The van der Waals surface area contributed by atoms with Crippen molar-refractivity contribution in [2.45, 2.75) is 0 Å². The van der Waals surface area contributed by atoms with Crippen LogP contribution in [-0.4, -0.2) is 9.55 Å². The summed E-state index contributed by atoms with van der Waals surface area (Å²) in [6.07, 6.45) is 0. The lowest BCUT2D eigenvalue weighted by Gasteiger charge is -2.21. The number of nitrogens with zero attached hydrogens (tertiary/aromatic N) is 2. The Morgan fingerprint density at radius 2 is 0.672 bits per heavy atom. The normalized spacial score (nSPS) is 11.6. The molecule has 312 valence electrons. The first-order valence-corrected chi connectivity index (χ1v) is 23.1. The summed E-state index contributed by atoms with van der Waals surface area (Å²) >= 11 is 0. The van der Waals surface area contributed by atoms with E-state index in [1.807, 2.05) is 0 Å². The number of para-hydroxylation sites is 1. The predicted octanol–water partition coefficient (Wildman–Crippen LogP) is 17.6. The van der Waals surface area contributed by atoms with Crippen LogP contribution in [0, 0.1) is 0 Å². The van der Waals surface area contributed by atoms with Gasteiger partial charge in [0.25, 0.3) is 0 Å². The van der Waals surface area contributed by atoms with Gasteiger partial charge < -0.3 is 0 Å². The molecule has 2 nitrogen and oxygen atoms in total. The Kier molecular flexibility index (Phi) is 9.21. The molecule has 0 aliphatic heterocycles. The molecule has 0 atom stereocenters. The summed E-state index contributed by atoms with van der Waals surface area (Å²) in [4.78, 5) is 6.12. The second-order valence-corrected chi connectivity index (χ2v) is 17.3. The standard InChI is InChI=1S/C65H42N2/c1-4-23-44(24-5-1)49-30-12-14-32-51(49)60-55-36-18-19-37-56(55)61(52-33-15-13-31-50(52)45-25-6-2-7-26-45)64-63(60)66-65(67(64)48-28-8-3-9-29-48)62-57-38-20-16-34-53(57)59(54-35-17-21-39-58(54)62)47-41-40-43-22-10-11-27-46(43)42-47/h1-42H. The van der Waals surface area contributed by atoms with Gasteiger partial charge in [-0.05, 0) is 106 Å². The van der Waals surface area contributed by atoms with Crippen LogP contribution in [0.5, 0.6) is 0 Å². The second kappa shape index (κ2) is 16.0. The summed E-state index contributed by atoms with van der Waals surface area (Å²) in [5, 5.41) is 9.46. The van der Waals surface area contributed by atoms with E-state index in [9.17, 15) is 0 Å². The molecular weight excluding hydrogens is 809 g/mol. The van der Waals surface area contributed by atoms with Crippen LogP contribution in [-0.2, 0) is 0 Å². The van der Waals surface area contributed by atoms with Crippen LogP contribution in [0.15, 0.2) is 255 Å². The maximum absolute atomic E-state index is 6.12. The first-order chi connectivity index (χ1) is 33.3. The first kappa shape index (κ1) is 38.6. The minimum atomic E-state index is 0.894. The highest BCUT2D eigenvalue weighted by Crippen LogP contribution is 2.51. The molecule has 1 heterocycles. The third-order valence-electron chi connectivity index (χ3n) is 13.6. The first-order valence-electron chi connectivity index (χ1n) is 23.1. The van der Waals surface area contributed by atoms with Crippen molar-refractivity contribution in [1.82, 2.24) is 9.55 Å². The second-order valence-electron chi connectivity index (χ2n) is 17.3. The molecule has 0 saturated carbocycles. The number of fused-ring (bicyclic) bond motifs is 5. The van der Waals surface area contributed by atoms with E-state index in [-0.39, 0.29) is 0 Å². The minimum Gasteiger partial charge on any atom is -0.292 e. The van der Waals surface area contributed by atoms with Crippen LogP contribution in [0.25, 0.3) is 127 Å². The lowest BCUT2D eigenvalue weighted by molar-refractivity contribution is 1.11. The van der Waals surface area contributed by atoms with Gasteiger partial charge in [-0.25, -0.2) is 4.98 Å². The molecule has 67 heavy (non-hydrogen) atoms. The molecule has 0 bridgehead atoms. The van der Waals surface area contributed by atoms with Crippen molar-refractivity contribution in [3.05, 3.63) is 255 Å². The zero-order valence-corrected chi connectivity index (χ0v) is 36.6. The van der Waals surface area contributed by atoms with Gasteiger partial charge in [0.1, 0.15) is 5.82 Å². The van der Waals surface area contributed by atoms with Gasteiger partial charge in [0.15, 0.2) is 0 Å². The third kappa shape index (κ3) is 6.30. The number of benzene rings is 12. The van der Waals surface area contributed by atoms with Gasteiger partial charge in [-0.3, -0.25) is 4.57 Å².